The molecule has 0 heterocycles. The highest BCUT2D eigenvalue weighted by atomic mass is 14.1. The van der Waals surface area contributed by atoms with E-state index in [9.17, 15) is 0 Å². The van der Waals surface area contributed by atoms with Gasteiger partial charge in [0.25, 0.3) is 0 Å². The summed E-state index contributed by atoms with van der Waals surface area (Å²) >= 11 is 0. The zero-order chi connectivity index (χ0) is 11.6. The molecule has 0 saturated heterocycles. The number of benzene rings is 1. The summed E-state index contributed by atoms with van der Waals surface area (Å²) in [5, 5.41) is 0. The highest BCUT2D eigenvalue weighted by molar-refractivity contribution is 5.19. The average Bonchev–Trinajstić information content (AvgIpc) is 2.35. The van der Waals surface area contributed by atoms with Gasteiger partial charge in [0.15, 0.2) is 0 Å². The van der Waals surface area contributed by atoms with Crippen molar-refractivity contribution in [3.8, 4) is 0 Å². The van der Waals surface area contributed by atoms with E-state index in [0.29, 0.717) is 0 Å². The van der Waals surface area contributed by atoms with Crippen molar-refractivity contribution in [3.05, 3.63) is 42.3 Å². The molecule has 0 saturated carbocycles. The predicted octanol–water partition coefficient (Wildman–Crippen LogP) is 5.35. The summed E-state index contributed by atoms with van der Waals surface area (Å²) in [7, 11) is 0. The Balaban J connectivity index is 2.49. The Labute approximate surface area is 101 Å². The van der Waals surface area contributed by atoms with Gasteiger partial charge in [0, 0.05) is 0 Å². The fourth-order valence-corrected chi connectivity index (χ4v) is 2.12. The van der Waals surface area contributed by atoms with Gasteiger partial charge >= 0.3 is 0 Å². The lowest BCUT2D eigenvalue weighted by molar-refractivity contribution is 0.567. The van der Waals surface area contributed by atoms with Crippen LogP contribution in [0.25, 0.3) is 0 Å². The number of rotatable bonds is 8. The minimum Gasteiger partial charge on any atom is -0.0654 e. The number of hydrogen-bond acceptors (Lipinski definition) is 0. The molecule has 89 valence electrons. The zero-order valence-electron chi connectivity index (χ0n) is 10.8. The third-order valence-electron chi connectivity index (χ3n) is 3.12. The number of hydrogen-bond donors (Lipinski definition) is 0. The molecule has 0 aliphatic heterocycles. The van der Waals surface area contributed by atoms with E-state index in [2.05, 4.69) is 50.6 Å². The molecular formula is C16H25. The van der Waals surface area contributed by atoms with E-state index in [1.807, 2.05) is 0 Å². The van der Waals surface area contributed by atoms with Crippen molar-refractivity contribution in [3.63, 3.8) is 0 Å². The summed E-state index contributed by atoms with van der Waals surface area (Å²) < 4.78 is 0. The van der Waals surface area contributed by atoms with E-state index in [4.69, 9.17) is 0 Å². The molecule has 0 heteroatoms. The van der Waals surface area contributed by atoms with Crippen LogP contribution >= 0.6 is 0 Å². The third-order valence-corrected chi connectivity index (χ3v) is 3.12. The normalized spacial score (nSPS) is 12.6. The van der Waals surface area contributed by atoms with Crippen LogP contribution in [0.1, 0.15) is 63.9 Å². The van der Waals surface area contributed by atoms with Crippen LogP contribution < -0.4 is 0 Å². The second-order valence-corrected chi connectivity index (χ2v) is 4.56. The van der Waals surface area contributed by atoms with Crippen LogP contribution in [0.4, 0.5) is 0 Å². The monoisotopic (exact) mass is 217 g/mol. The molecular weight excluding hydrogens is 192 g/mol. The maximum absolute atomic E-state index is 2.47. The Hall–Kier alpha value is -0.780. The first-order valence-electron chi connectivity index (χ1n) is 6.75. The second-order valence-electron chi connectivity index (χ2n) is 4.56. The summed E-state index contributed by atoms with van der Waals surface area (Å²) in [5.74, 6) is 0.743. The maximum atomic E-state index is 2.47. The van der Waals surface area contributed by atoms with E-state index in [0.717, 1.165) is 5.92 Å². The largest absolute Gasteiger partial charge is 0.0654 e. The molecule has 16 heavy (non-hydrogen) atoms. The van der Waals surface area contributed by atoms with Gasteiger partial charge in [-0.15, -0.1) is 0 Å². The molecule has 0 spiro atoms. The van der Waals surface area contributed by atoms with Gasteiger partial charge in [0.05, 0.1) is 0 Å². The standard InChI is InChI=1S/C16H25/c1-3-5-8-12-15(11-6-4-2)16-13-9-7-10-14-16/h7-10,13-15H,3-6,11-12H2,1-2H3. The molecule has 1 atom stereocenters. The van der Waals surface area contributed by atoms with Gasteiger partial charge in [-0.05, 0) is 30.7 Å². The van der Waals surface area contributed by atoms with E-state index >= 15 is 0 Å². The maximum Gasteiger partial charge on any atom is -0.0159 e. The molecule has 0 fully saturated rings. The Bertz CT molecular complexity index is 250. The van der Waals surface area contributed by atoms with E-state index in [1.54, 1.807) is 0 Å². The Kier molecular flexibility index (Phi) is 6.96. The van der Waals surface area contributed by atoms with E-state index in [1.165, 1.54) is 44.1 Å². The lowest BCUT2D eigenvalue weighted by Gasteiger charge is -2.16. The summed E-state index contributed by atoms with van der Waals surface area (Å²) in [4.78, 5) is 0. The molecule has 0 aliphatic rings. The van der Waals surface area contributed by atoms with Crippen molar-refractivity contribution in [1.29, 1.82) is 0 Å². The van der Waals surface area contributed by atoms with Gasteiger partial charge in [-0.1, -0.05) is 69.9 Å². The van der Waals surface area contributed by atoms with Crippen LogP contribution in [0.2, 0.25) is 0 Å². The zero-order valence-corrected chi connectivity index (χ0v) is 10.8. The Morgan fingerprint density at radius 2 is 1.81 bits per heavy atom. The molecule has 1 rings (SSSR count). The first-order chi connectivity index (χ1) is 7.88. The molecule has 0 aromatic heterocycles. The summed E-state index contributed by atoms with van der Waals surface area (Å²) in [5.41, 5.74) is 1.52. The molecule has 1 radical (unpaired) electrons. The molecule has 0 nitrogen and oxygen atoms in total. The fourth-order valence-electron chi connectivity index (χ4n) is 2.12. The molecule has 1 unspecified atom stereocenters. The van der Waals surface area contributed by atoms with Crippen LogP contribution in [0.3, 0.4) is 0 Å². The van der Waals surface area contributed by atoms with Gasteiger partial charge in [-0.25, -0.2) is 0 Å². The van der Waals surface area contributed by atoms with Gasteiger partial charge in [0.1, 0.15) is 0 Å². The van der Waals surface area contributed by atoms with E-state index in [-0.39, 0.29) is 0 Å². The highest BCUT2D eigenvalue weighted by Gasteiger charge is 2.09. The quantitative estimate of drug-likeness (QED) is 0.514. The van der Waals surface area contributed by atoms with Crippen molar-refractivity contribution >= 4 is 0 Å². The van der Waals surface area contributed by atoms with Crippen LogP contribution in [-0.4, -0.2) is 0 Å². The van der Waals surface area contributed by atoms with Crippen LogP contribution in [-0.2, 0) is 0 Å². The smallest absolute Gasteiger partial charge is 0.0159 e. The van der Waals surface area contributed by atoms with Crippen molar-refractivity contribution in [2.24, 2.45) is 0 Å². The minimum atomic E-state index is 0.743. The molecule has 0 bridgehead atoms. The Morgan fingerprint density at radius 3 is 2.44 bits per heavy atom. The number of unbranched alkanes of at least 4 members (excludes halogenated alkanes) is 3. The first kappa shape index (κ1) is 13.3. The van der Waals surface area contributed by atoms with Crippen molar-refractivity contribution in [2.75, 3.05) is 0 Å². The van der Waals surface area contributed by atoms with Gasteiger partial charge in [0.2, 0.25) is 0 Å². The molecule has 1 aromatic rings. The lowest BCUT2D eigenvalue weighted by Crippen LogP contribution is -1.99. The van der Waals surface area contributed by atoms with Crippen molar-refractivity contribution in [1.82, 2.24) is 0 Å². The lowest BCUT2D eigenvalue weighted by atomic mass is 9.89. The van der Waals surface area contributed by atoms with Crippen molar-refractivity contribution < 1.29 is 0 Å². The predicted molar refractivity (Wildman–Crippen MR) is 72.5 cm³/mol. The fraction of sp³-hybridized carbons (Fsp3) is 0.562. The first-order valence-corrected chi connectivity index (χ1v) is 6.75. The SMILES string of the molecule is CCC[CH]CC(CCCC)c1ccccc1. The summed E-state index contributed by atoms with van der Waals surface area (Å²) in [6.07, 6.45) is 10.2. The van der Waals surface area contributed by atoms with Crippen molar-refractivity contribution in [2.45, 2.75) is 58.3 Å². The van der Waals surface area contributed by atoms with Crippen LogP contribution in [0.15, 0.2) is 30.3 Å². The Morgan fingerprint density at radius 1 is 1.06 bits per heavy atom. The third kappa shape index (κ3) is 4.83. The second kappa shape index (κ2) is 8.38. The molecule has 0 amide bonds. The minimum absolute atomic E-state index is 0.743. The van der Waals surface area contributed by atoms with Crippen LogP contribution in [0, 0.1) is 6.42 Å². The topological polar surface area (TPSA) is 0 Å². The van der Waals surface area contributed by atoms with Gasteiger partial charge in [-0.3, -0.25) is 0 Å². The highest BCUT2D eigenvalue weighted by Crippen LogP contribution is 2.27. The molecule has 0 aliphatic carbocycles. The van der Waals surface area contributed by atoms with Gasteiger partial charge < -0.3 is 0 Å². The summed E-state index contributed by atoms with van der Waals surface area (Å²) in [6.45, 7) is 4.53. The summed E-state index contributed by atoms with van der Waals surface area (Å²) in [6, 6.07) is 11.0. The molecule has 0 N–H and O–H groups in total. The molecule has 1 aromatic carbocycles. The average molecular weight is 217 g/mol. The van der Waals surface area contributed by atoms with Gasteiger partial charge in [-0.2, -0.15) is 0 Å². The van der Waals surface area contributed by atoms with E-state index < -0.39 is 0 Å². The van der Waals surface area contributed by atoms with Crippen LogP contribution in [0.5, 0.6) is 0 Å².